The molecule has 1 aliphatic carbocycles. The van der Waals surface area contributed by atoms with Gasteiger partial charge in [0.15, 0.2) is 0 Å². The largest absolute Gasteiger partial charge is 0.396 e. The number of aliphatic hydroxyl groups excluding tert-OH is 1. The minimum atomic E-state index is -3.48. The average molecular weight is 311 g/mol. The molecule has 1 aliphatic rings. The molecule has 21 heavy (non-hydrogen) atoms. The van der Waals surface area contributed by atoms with Crippen LogP contribution >= 0.6 is 0 Å². The van der Waals surface area contributed by atoms with Crippen LogP contribution < -0.4 is 0 Å². The summed E-state index contributed by atoms with van der Waals surface area (Å²) in [5.41, 5.74) is 2.46. The predicted octanol–water partition coefficient (Wildman–Crippen LogP) is 2.35. The summed E-state index contributed by atoms with van der Waals surface area (Å²) < 4.78 is 27.1. The minimum absolute atomic E-state index is 0.00290. The minimum Gasteiger partial charge on any atom is -0.396 e. The van der Waals surface area contributed by atoms with Crippen molar-refractivity contribution in [1.29, 1.82) is 0 Å². The maximum absolute atomic E-state index is 12.8. The fourth-order valence-corrected chi connectivity index (χ4v) is 4.61. The zero-order valence-corrected chi connectivity index (χ0v) is 13.7. The molecule has 0 amide bonds. The smallest absolute Gasteiger partial charge is 0.243 e. The quantitative estimate of drug-likeness (QED) is 0.877. The zero-order valence-electron chi connectivity index (χ0n) is 12.9. The second-order valence-electron chi connectivity index (χ2n) is 5.92. The van der Waals surface area contributed by atoms with Crippen LogP contribution in [-0.4, -0.2) is 37.0 Å². The Bertz CT molecular complexity index is 581. The Morgan fingerprint density at radius 3 is 2.48 bits per heavy atom. The number of sulfonamides is 1. The van der Waals surface area contributed by atoms with E-state index in [-0.39, 0.29) is 12.6 Å². The van der Waals surface area contributed by atoms with Gasteiger partial charge in [-0.3, -0.25) is 0 Å². The fraction of sp³-hybridized carbons (Fsp3) is 0.625. The van der Waals surface area contributed by atoms with Crippen LogP contribution in [0.15, 0.2) is 23.1 Å². The van der Waals surface area contributed by atoms with Gasteiger partial charge in [-0.2, -0.15) is 4.31 Å². The second-order valence-corrected chi connectivity index (χ2v) is 7.81. The lowest BCUT2D eigenvalue weighted by Crippen LogP contribution is -2.38. The average Bonchev–Trinajstić information content (AvgIpc) is 2.46. The molecule has 1 N–H and O–H groups in total. The van der Waals surface area contributed by atoms with Gasteiger partial charge >= 0.3 is 0 Å². The summed E-state index contributed by atoms with van der Waals surface area (Å²) >= 11 is 0. The number of benzene rings is 1. The lowest BCUT2D eigenvalue weighted by Gasteiger charge is -2.26. The Labute approximate surface area is 127 Å². The van der Waals surface area contributed by atoms with Gasteiger partial charge in [0.2, 0.25) is 10.0 Å². The van der Waals surface area contributed by atoms with Crippen LogP contribution in [0.25, 0.3) is 0 Å². The van der Waals surface area contributed by atoms with Gasteiger partial charge in [-0.15, -0.1) is 0 Å². The molecule has 0 saturated heterocycles. The first-order valence-corrected chi connectivity index (χ1v) is 9.15. The van der Waals surface area contributed by atoms with Crippen molar-refractivity contribution in [3.05, 3.63) is 29.3 Å². The third-order valence-electron chi connectivity index (χ3n) is 4.04. The summed E-state index contributed by atoms with van der Waals surface area (Å²) in [6.07, 6.45) is 4.80. The molecule has 118 valence electrons. The maximum Gasteiger partial charge on any atom is 0.243 e. The van der Waals surface area contributed by atoms with Crippen molar-refractivity contribution in [2.75, 3.05) is 13.2 Å². The van der Waals surface area contributed by atoms with E-state index in [1.54, 1.807) is 6.07 Å². The summed E-state index contributed by atoms with van der Waals surface area (Å²) in [6.45, 7) is 4.09. The third-order valence-corrected chi connectivity index (χ3v) is 6.11. The Hall–Kier alpha value is -0.910. The molecule has 5 heteroatoms. The van der Waals surface area contributed by atoms with Crippen molar-refractivity contribution >= 4 is 10.0 Å². The Balaban J connectivity index is 2.33. The molecule has 0 atom stereocenters. The monoisotopic (exact) mass is 311 g/mol. The summed E-state index contributed by atoms with van der Waals surface area (Å²) in [4.78, 5) is 0.384. The highest BCUT2D eigenvalue weighted by Gasteiger charge is 2.27. The number of aliphatic hydroxyl groups is 1. The van der Waals surface area contributed by atoms with Crippen LogP contribution in [0.3, 0.4) is 0 Å². The van der Waals surface area contributed by atoms with E-state index < -0.39 is 10.0 Å². The topological polar surface area (TPSA) is 57.6 Å². The van der Waals surface area contributed by atoms with Crippen molar-refractivity contribution < 1.29 is 13.5 Å². The summed E-state index contributed by atoms with van der Waals surface area (Å²) in [5.74, 6) is 0. The SMILES string of the molecule is CC(C)N(CCCO)S(=O)(=O)c1ccc2c(c1)CCCC2. The van der Waals surface area contributed by atoms with E-state index in [0.717, 1.165) is 19.3 Å². The van der Waals surface area contributed by atoms with Crippen LogP contribution in [0.2, 0.25) is 0 Å². The first-order valence-electron chi connectivity index (χ1n) is 7.71. The summed E-state index contributed by atoms with van der Waals surface area (Å²) in [6, 6.07) is 5.43. The molecule has 0 unspecified atom stereocenters. The van der Waals surface area contributed by atoms with Crippen LogP contribution in [0, 0.1) is 0 Å². The molecular weight excluding hydrogens is 286 g/mol. The van der Waals surface area contributed by atoms with E-state index in [2.05, 4.69) is 0 Å². The molecule has 1 aromatic rings. The van der Waals surface area contributed by atoms with Crippen molar-refractivity contribution in [3.8, 4) is 0 Å². The second kappa shape index (κ2) is 6.90. The molecule has 0 bridgehead atoms. The maximum atomic E-state index is 12.8. The molecule has 0 heterocycles. The van der Waals surface area contributed by atoms with Gasteiger partial charge in [-0.1, -0.05) is 6.07 Å². The predicted molar refractivity (Wildman–Crippen MR) is 83.8 cm³/mol. The van der Waals surface area contributed by atoms with Crippen molar-refractivity contribution in [3.63, 3.8) is 0 Å². The summed E-state index contributed by atoms with van der Waals surface area (Å²) in [5, 5.41) is 8.97. The van der Waals surface area contributed by atoms with Crippen LogP contribution in [0.4, 0.5) is 0 Å². The molecule has 0 aromatic heterocycles. The molecule has 0 spiro atoms. The van der Waals surface area contributed by atoms with E-state index in [1.807, 2.05) is 26.0 Å². The van der Waals surface area contributed by atoms with Gasteiger partial charge in [0.25, 0.3) is 0 Å². The van der Waals surface area contributed by atoms with Crippen LogP contribution in [-0.2, 0) is 22.9 Å². The van der Waals surface area contributed by atoms with Gasteiger partial charge in [0.05, 0.1) is 4.90 Å². The van der Waals surface area contributed by atoms with E-state index in [4.69, 9.17) is 5.11 Å². The fourth-order valence-electron chi connectivity index (χ4n) is 2.89. The van der Waals surface area contributed by atoms with Gasteiger partial charge in [-0.25, -0.2) is 8.42 Å². The van der Waals surface area contributed by atoms with Crippen LogP contribution in [0.5, 0.6) is 0 Å². The van der Waals surface area contributed by atoms with Crippen molar-refractivity contribution in [2.45, 2.75) is 56.9 Å². The summed E-state index contributed by atoms with van der Waals surface area (Å²) in [7, 11) is -3.48. The Morgan fingerprint density at radius 2 is 1.86 bits per heavy atom. The van der Waals surface area contributed by atoms with Gasteiger partial charge in [0.1, 0.15) is 0 Å². The number of nitrogens with zero attached hydrogens (tertiary/aromatic N) is 1. The normalized spacial score (nSPS) is 15.5. The van der Waals surface area contributed by atoms with E-state index in [9.17, 15) is 8.42 Å². The number of fused-ring (bicyclic) bond motifs is 1. The van der Waals surface area contributed by atoms with E-state index >= 15 is 0 Å². The molecule has 0 fully saturated rings. The lowest BCUT2D eigenvalue weighted by atomic mass is 9.92. The molecule has 4 nitrogen and oxygen atoms in total. The molecule has 0 radical (unpaired) electrons. The standard InChI is InChI=1S/C16H25NO3S/c1-13(2)17(10-5-11-18)21(19,20)16-9-8-14-6-3-4-7-15(14)12-16/h8-9,12-13,18H,3-7,10-11H2,1-2H3. The molecule has 1 aromatic carbocycles. The molecule has 0 saturated carbocycles. The first kappa shape index (κ1) is 16.5. The highest BCUT2D eigenvalue weighted by molar-refractivity contribution is 7.89. The number of rotatable bonds is 6. The van der Waals surface area contributed by atoms with Gasteiger partial charge < -0.3 is 5.11 Å². The van der Waals surface area contributed by atoms with E-state index in [1.165, 1.54) is 21.9 Å². The van der Waals surface area contributed by atoms with Crippen molar-refractivity contribution in [2.24, 2.45) is 0 Å². The zero-order chi connectivity index (χ0) is 15.5. The van der Waals surface area contributed by atoms with Gasteiger partial charge in [0, 0.05) is 19.2 Å². The van der Waals surface area contributed by atoms with Gasteiger partial charge in [-0.05, 0) is 69.2 Å². The van der Waals surface area contributed by atoms with Crippen LogP contribution in [0.1, 0.15) is 44.2 Å². The number of hydrogen-bond donors (Lipinski definition) is 1. The lowest BCUT2D eigenvalue weighted by molar-refractivity contribution is 0.258. The highest BCUT2D eigenvalue weighted by atomic mass is 32.2. The molecule has 2 rings (SSSR count). The highest BCUT2D eigenvalue weighted by Crippen LogP contribution is 2.26. The Morgan fingerprint density at radius 1 is 1.19 bits per heavy atom. The van der Waals surface area contributed by atoms with Crippen molar-refractivity contribution in [1.82, 2.24) is 4.31 Å². The molecule has 0 aliphatic heterocycles. The number of aryl methyl sites for hydroxylation is 2. The third kappa shape index (κ3) is 3.65. The first-order chi connectivity index (χ1) is 9.96. The van der Waals surface area contributed by atoms with E-state index in [0.29, 0.717) is 17.9 Å². The Kier molecular flexibility index (Phi) is 5.41. The molecular formula is C16H25NO3S. The number of hydrogen-bond acceptors (Lipinski definition) is 3.